The molecule has 0 saturated heterocycles. The number of para-hydroxylation sites is 1. The highest BCUT2D eigenvalue weighted by atomic mass is 16.5. The Balaban J connectivity index is 2.18. The number of aromatic hydroxyl groups is 1. The number of carbonyl (C=O) groups excluding carboxylic acids is 1. The van der Waals surface area contributed by atoms with E-state index in [0.717, 1.165) is 16.7 Å². The van der Waals surface area contributed by atoms with E-state index in [9.17, 15) is 9.90 Å². The third-order valence-corrected chi connectivity index (χ3v) is 4.03. The van der Waals surface area contributed by atoms with E-state index < -0.39 is 5.97 Å². The Morgan fingerprint density at radius 3 is 2.17 bits per heavy atom. The lowest BCUT2D eigenvalue weighted by molar-refractivity contribution is 0.0468. The van der Waals surface area contributed by atoms with Crippen molar-refractivity contribution in [3.63, 3.8) is 0 Å². The molecule has 0 aliphatic heterocycles. The van der Waals surface area contributed by atoms with Crippen LogP contribution in [0.1, 0.15) is 53.4 Å². The van der Waals surface area contributed by atoms with E-state index in [4.69, 9.17) is 4.74 Å². The summed E-state index contributed by atoms with van der Waals surface area (Å²) < 4.78 is 5.38. The molecule has 0 saturated carbocycles. The maximum atomic E-state index is 12.1. The van der Waals surface area contributed by atoms with Crippen molar-refractivity contribution in [2.45, 2.75) is 46.6 Å². The summed E-state index contributed by atoms with van der Waals surface area (Å²) >= 11 is 0. The normalized spacial score (nSPS) is 11.3. The van der Waals surface area contributed by atoms with Crippen molar-refractivity contribution >= 4 is 5.97 Å². The van der Waals surface area contributed by atoms with Gasteiger partial charge in [0.25, 0.3) is 0 Å². The van der Waals surface area contributed by atoms with Gasteiger partial charge in [0, 0.05) is 0 Å². The van der Waals surface area contributed by atoms with Crippen LogP contribution in [-0.4, -0.2) is 11.1 Å². The summed E-state index contributed by atoms with van der Waals surface area (Å²) in [4.78, 5) is 12.1. The van der Waals surface area contributed by atoms with Gasteiger partial charge in [0.15, 0.2) is 0 Å². The molecule has 0 atom stereocenters. The van der Waals surface area contributed by atoms with E-state index in [1.807, 2.05) is 13.8 Å². The number of aryl methyl sites for hydroxylation is 2. The molecule has 1 N–H and O–H groups in total. The molecule has 3 nitrogen and oxygen atoms in total. The lowest BCUT2D eigenvalue weighted by atomic mass is 9.84. The monoisotopic (exact) mass is 312 g/mol. The zero-order chi connectivity index (χ0) is 17.2. The van der Waals surface area contributed by atoms with Gasteiger partial charge in [0.05, 0.1) is 0 Å². The van der Waals surface area contributed by atoms with Gasteiger partial charge in [-0.3, -0.25) is 0 Å². The van der Waals surface area contributed by atoms with Crippen LogP contribution >= 0.6 is 0 Å². The van der Waals surface area contributed by atoms with Crippen LogP contribution in [-0.2, 0) is 16.8 Å². The van der Waals surface area contributed by atoms with E-state index in [1.54, 1.807) is 18.2 Å². The molecule has 0 fully saturated rings. The Bertz CT molecular complexity index is 701. The van der Waals surface area contributed by atoms with Crippen molar-refractivity contribution in [1.29, 1.82) is 0 Å². The first-order chi connectivity index (χ1) is 10.7. The van der Waals surface area contributed by atoms with Crippen LogP contribution in [0.2, 0.25) is 0 Å². The number of benzene rings is 2. The molecular formula is C20H24O3. The summed E-state index contributed by atoms with van der Waals surface area (Å²) in [5, 5.41) is 9.71. The highest BCUT2D eigenvalue weighted by Gasteiger charge is 2.18. The van der Waals surface area contributed by atoms with E-state index in [2.05, 4.69) is 32.9 Å². The zero-order valence-corrected chi connectivity index (χ0v) is 14.4. The number of esters is 1. The van der Waals surface area contributed by atoms with Gasteiger partial charge in [-0.1, -0.05) is 45.0 Å². The fraction of sp³-hybridized carbons (Fsp3) is 0.350. The molecule has 2 rings (SSSR count). The molecule has 0 aliphatic carbocycles. The molecule has 23 heavy (non-hydrogen) atoms. The SMILES string of the molecule is Cc1cc(C(C)(C)C)cc(C)c1COC(=O)c1ccccc1O. The summed E-state index contributed by atoms with van der Waals surface area (Å²) in [7, 11) is 0. The molecule has 2 aromatic rings. The number of phenols is 1. The zero-order valence-electron chi connectivity index (χ0n) is 14.4. The van der Waals surface area contributed by atoms with Gasteiger partial charge in [-0.2, -0.15) is 0 Å². The molecule has 0 heterocycles. The maximum absolute atomic E-state index is 12.1. The molecule has 0 aromatic heterocycles. The van der Waals surface area contributed by atoms with E-state index in [-0.39, 0.29) is 23.3 Å². The van der Waals surface area contributed by atoms with Crippen molar-refractivity contribution in [3.05, 3.63) is 64.2 Å². The van der Waals surface area contributed by atoms with Gasteiger partial charge in [-0.15, -0.1) is 0 Å². The summed E-state index contributed by atoms with van der Waals surface area (Å²) in [5.74, 6) is -0.573. The van der Waals surface area contributed by atoms with Gasteiger partial charge >= 0.3 is 5.97 Å². The Labute approximate surface area is 137 Å². The second kappa shape index (κ2) is 6.45. The van der Waals surface area contributed by atoms with Crippen molar-refractivity contribution in [2.75, 3.05) is 0 Å². The van der Waals surface area contributed by atoms with Gasteiger partial charge in [-0.25, -0.2) is 4.79 Å². The van der Waals surface area contributed by atoms with Crippen LogP contribution < -0.4 is 0 Å². The minimum Gasteiger partial charge on any atom is -0.507 e. The van der Waals surface area contributed by atoms with Crippen LogP contribution in [0.15, 0.2) is 36.4 Å². The number of ether oxygens (including phenoxy) is 1. The van der Waals surface area contributed by atoms with Crippen molar-refractivity contribution in [2.24, 2.45) is 0 Å². The van der Waals surface area contributed by atoms with Gasteiger partial charge < -0.3 is 9.84 Å². The average molecular weight is 312 g/mol. The third-order valence-electron chi connectivity index (χ3n) is 4.03. The quantitative estimate of drug-likeness (QED) is 0.838. The highest BCUT2D eigenvalue weighted by Crippen LogP contribution is 2.27. The molecule has 0 aliphatic rings. The van der Waals surface area contributed by atoms with Crippen LogP contribution in [0.5, 0.6) is 5.75 Å². The fourth-order valence-corrected chi connectivity index (χ4v) is 2.52. The molecule has 122 valence electrons. The summed E-state index contributed by atoms with van der Waals surface area (Å²) in [5.41, 5.74) is 4.78. The van der Waals surface area contributed by atoms with Crippen LogP contribution in [0.3, 0.4) is 0 Å². The summed E-state index contributed by atoms with van der Waals surface area (Å²) in [6.45, 7) is 10.8. The number of phenolic OH excluding ortho intramolecular Hbond substituents is 1. The Hall–Kier alpha value is -2.29. The largest absolute Gasteiger partial charge is 0.507 e. The van der Waals surface area contributed by atoms with Crippen molar-refractivity contribution in [3.8, 4) is 5.75 Å². The first-order valence-electron chi connectivity index (χ1n) is 7.76. The van der Waals surface area contributed by atoms with Crippen molar-refractivity contribution < 1.29 is 14.6 Å². The first-order valence-corrected chi connectivity index (χ1v) is 7.76. The van der Waals surface area contributed by atoms with E-state index in [0.29, 0.717) is 0 Å². The standard InChI is InChI=1S/C20H24O3/c1-13-10-15(20(3,4)5)11-14(2)17(13)12-23-19(22)16-8-6-7-9-18(16)21/h6-11,21H,12H2,1-5H3. The van der Waals surface area contributed by atoms with Gasteiger partial charge in [-0.05, 0) is 53.6 Å². The smallest absolute Gasteiger partial charge is 0.342 e. The lowest BCUT2D eigenvalue weighted by Crippen LogP contribution is -2.13. The topological polar surface area (TPSA) is 46.5 Å². The lowest BCUT2D eigenvalue weighted by Gasteiger charge is -2.22. The molecule has 0 bridgehead atoms. The third kappa shape index (κ3) is 3.92. The average Bonchev–Trinajstić information content (AvgIpc) is 2.45. The summed E-state index contributed by atoms with van der Waals surface area (Å²) in [6.07, 6.45) is 0. The molecule has 0 spiro atoms. The second-order valence-electron chi connectivity index (χ2n) is 6.93. The molecule has 2 aromatic carbocycles. The Morgan fingerprint density at radius 1 is 1.09 bits per heavy atom. The Kier molecular flexibility index (Phi) is 4.79. The number of hydrogen-bond donors (Lipinski definition) is 1. The minimum atomic E-state index is -0.512. The fourth-order valence-electron chi connectivity index (χ4n) is 2.52. The van der Waals surface area contributed by atoms with Crippen LogP contribution in [0.25, 0.3) is 0 Å². The predicted octanol–water partition coefficient (Wildman–Crippen LogP) is 4.66. The molecule has 0 unspecified atom stereocenters. The minimum absolute atomic E-state index is 0.0611. The van der Waals surface area contributed by atoms with Gasteiger partial charge in [0.2, 0.25) is 0 Å². The molecule has 3 heteroatoms. The van der Waals surface area contributed by atoms with Gasteiger partial charge in [0.1, 0.15) is 17.9 Å². The van der Waals surface area contributed by atoms with Crippen LogP contribution in [0, 0.1) is 13.8 Å². The Morgan fingerprint density at radius 2 is 1.65 bits per heavy atom. The molecular weight excluding hydrogens is 288 g/mol. The number of carbonyl (C=O) groups is 1. The number of rotatable bonds is 3. The first kappa shape index (κ1) is 17.1. The van der Waals surface area contributed by atoms with Crippen LogP contribution in [0.4, 0.5) is 0 Å². The number of hydrogen-bond acceptors (Lipinski definition) is 3. The molecule has 0 amide bonds. The maximum Gasteiger partial charge on any atom is 0.342 e. The molecule has 0 radical (unpaired) electrons. The highest BCUT2D eigenvalue weighted by molar-refractivity contribution is 5.92. The van der Waals surface area contributed by atoms with E-state index in [1.165, 1.54) is 11.6 Å². The second-order valence-corrected chi connectivity index (χ2v) is 6.93. The predicted molar refractivity (Wildman–Crippen MR) is 91.8 cm³/mol. The van der Waals surface area contributed by atoms with Crippen molar-refractivity contribution in [1.82, 2.24) is 0 Å². The van der Waals surface area contributed by atoms with E-state index >= 15 is 0 Å². The summed E-state index contributed by atoms with van der Waals surface area (Å²) in [6, 6.07) is 10.7.